The molecule has 1 aliphatic rings. The number of hydrogen-bond acceptors (Lipinski definition) is 1. The minimum atomic E-state index is -0.734. The zero-order valence-corrected chi connectivity index (χ0v) is 8.25. The molecule has 1 fully saturated rings. The van der Waals surface area contributed by atoms with E-state index in [9.17, 15) is 0 Å². The zero-order chi connectivity index (χ0) is 7.40. The molecule has 0 saturated heterocycles. The summed E-state index contributed by atoms with van der Waals surface area (Å²) in [4.78, 5) is 0. The molecule has 60 valence electrons. The summed E-state index contributed by atoms with van der Waals surface area (Å²) in [5, 5.41) is 0. The van der Waals surface area contributed by atoms with Crippen molar-refractivity contribution in [3.8, 4) is 0 Å². The first-order valence-electron chi connectivity index (χ1n) is 4.35. The van der Waals surface area contributed by atoms with Crippen LogP contribution in [0.1, 0.15) is 25.7 Å². The Kier molecular flexibility index (Phi) is 3.42. The third kappa shape index (κ3) is 2.43. The third-order valence-corrected chi connectivity index (χ3v) is 4.68. The average molecular weight is 158 g/mol. The van der Waals surface area contributed by atoms with Crippen LogP contribution in [0.15, 0.2) is 0 Å². The predicted molar refractivity (Wildman–Crippen MR) is 46.8 cm³/mol. The Bertz CT molecular complexity index is 89.3. The van der Waals surface area contributed by atoms with E-state index in [-0.39, 0.29) is 0 Å². The lowest BCUT2D eigenvalue weighted by molar-refractivity contribution is 0.411. The molecule has 1 atom stereocenters. The van der Waals surface area contributed by atoms with Gasteiger partial charge in [-0.2, -0.15) is 0 Å². The van der Waals surface area contributed by atoms with Gasteiger partial charge in [0.1, 0.15) is 0 Å². The fourth-order valence-corrected chi connectivity index (χ4v) is 3.41. The molecule has 0 heterocycles. The molecule has 1 saturated carbocycles. The molecule has 0 bridgehead atoms. The fourth-order valence-electron chi connectivity index (χ4n) is 1.81. The summed E-state index contributed by atoms with van der Waals surface area (Å²) in [6.45, 7) is 2.30. The van der Waals surface area contributed by atoms with Gasteiger partial charge >= 0.3 is 0 Å². The van der Waals surface area contributed by atoms with Gasteiger partial charge in [0.25, 0.3) is 0 Å². The first kappa shape index (κ1) is 8.28. The second kappa shape index (κ2) is 4.14. The van der Waals surface area contributed by atoms with Gasteiger partial charge in [0.15, 0.2) is 9.04 Å². The summed E-state index contributed by atoms with van der Waals surface area (Å²) in [5.41, 5.74) is 0. The topological polar surface area (TPSA) is 9.23 Å². The van der Waals surface area contributed by atoms with Crippen molar-refractivity contribution >= 4 is 9.04 Å². The summed E-state index contributed by atoms with van der Waals surface area (Å²) < 4.78 is 5.35. The van der Waals surface area contributed by atoms with Crippen LogP contribution in [0.3, 0.4) is 0 Å². The highest BCUT2D eigenvalue weighted by Gasteiger charge is 2.17. The molecule has 1 aliphatic carbocycles. The van der Waals surface area contributed by atoms with E-state index in [1.54, 1.807) is 0 Å². The van der Waals surface area contributed by atoms with Crippen molar-refractivity contribution in [1.82, 2.24) is 0 Å². The van der Waals surface area contributed by atoms with Crippen LogP contribution in [-0.2, 0) is 4.43 Å². The Labute approximate surface area is 65.5 Å². The maximum absolute atomic E-state index is 5.35. The van der Waals surface area contributed by atoms with Crippen LogP contribution in [-0.4, -0.2) is 16.2 Å². The molecule has 0 spiro atoms. The SMILES string of the molecule is CO[SiH](C)CC1CCCC1. The van der Waals surface area contributed by atoms with Gasteiger partial charge in [0, 0.05) is 7.11 Å². The van der Waals surface area contributed by atoms with Crippen LogP contribution in [0.4, 0.5) is 0 Å². The molecule has 0 N–H and O–H groups in total. The molecular weight excluding hydrogens is 140 g/mol. The van der Waals surface area contributed by atoms with Crippen LogP contribution >= 0.6 is 0 Å². The summed E-state index contributed by atoms with van der Waals surface area (Å²) >= 11 is 0. The molecule has 0 aromatic rings. The molecule has 2 heteroatoms. The summed E-state index contributed by atoms with van der Waals surface area (Å²) in [5.74, 6) is 1.03. The van der Waals surface area contributed by atoms with Gasteiger partial charge in [-0.05, 0) is 18.5 Å². The van der Waals surface area contributed by atoms with E-state index in [1.807, 2.05) is 7.11 Å². The highest BCUT2D eigenvalue weighted by atomic mass is 28.3. The van der Waals surface area contributed by atoms with Gasteiger partial charge in [-0.25, -0.2) is 0 Å². The van der Waals surface area contributed by atoms with Crippen LogP contribution in [0.25, 0.3) is 0 Å². The van der Waals surface area contributed by atoms with Crippen molar-refractivity contribution in [2.75, 3.05) is 7.11 Å². The normalized spacial score (nSPS) is 23.4. The highest BCUT2D eigenvalue weighted by Crippen LogP contribution is 2.28. The van der Waals surface area contributed by atoms with E-state index < -0.39 is 9.04 Å². The van der Waals surface area contributed by atoms with Crippen molar-refractivity contribution in [3.05, 3.63) is 0 Å². The van der Waals surface area contributed by atoms with E-state index in [0.29, 0.717) is 0 Å². The monoisotopic (exact) mass is 158 g/mol. The van der Waals surface area contributed by atoms with Crippen LogP contribution in [0.5, 0.6) is 0 Å². The van der Waals surface area contributed by atoms with Crippen LogP contribution in [0, 0.1) is 5.92 Å². The second-order valence-corrected chi connectivity index (χ2v) is 6.00. The van der Waals surface area contributed by atoms with Crippen molar-refractivity contribution in [2.45, 2.75) is 38.3 Å². The molecule has 1 nitrogen and oxygen atoms in total. The maximum atomic E-state index is 5.35. The summed E-state index contributed by atoms with van der Waals surface area (Å²) in [6.07, 6.45) is 5.88. The molecule has 0 amide bonds. The Morgan fingerprint density at radius 2 is 2.00 bits per heavy atom. The Morgan fingerprint density at radius 3 is 2.50 bits per heavy atom. The molecule has 1 unspecified atom stereocenters. The Hall–Kier alpha value is 0.177. The minimum Gasteiger partial charge on any atom is -0.423 e. The number of hydrogen-bond donors (Lipinski definition) is 0. The van der Waals surface area contributed by atoms with Crippen molar-refractivity contribution in [1.29, 1.82) is 0 Å². The first-order chi connectivity index (χ1) is 4.83. The van der Waals surface area contributed by atoms with Crippen LogP contribution in [0.2, 0.25) is 12.6 Å². The molecule has 1 rings (SSSR count). The minimum absolute atomic E-state index is 0.734. The summed E-state index contributed by atoms with van der Waals surface area (Å²) in [6, 6.07) is 1.41. The third-order valence-electron chi connectivity index (χ3n) is 2.54. The molecular formula is C8H18OSi. The van der Waals surface area contributed by atoms with Gasteiger partial charge < -0.3 is 4.43 Å². The van der Waals surface area contributed by atoms with Crippen LogP contribution < -0.4 is 0 Å². The average Bonchev–Trinajstić information content (AvgIpc) is 2.40. The molecule has 0 radical (unpaired) electrons. The van der Waals surface area contributed by atoms with Crippen molar-refractivity contribution in [3.63, 3.8) is 0 Å². The lowest BCUT2D eigenvalue weighted by Gasteiger charge is -2.12. The van der Waals surface area contributed by atoms with Gasteiger partial charge in [0.2, 0.25) is 0 Å². The summed E-state index contributed by atoms with van der Waals surface area (Å²) in [7, 11) is 1.13. The van der Waals surface area contributed by atoms with Gasteiger partial charge in [0.05, 0.1) is 0 Å². The lowest BCUT2D eigenvalue weighted by Crippen LogP contribution is -2.13. The van der Waals surface area contributed by atoms with Gasteiger partial charge in [-0.1, -0.05) is 25.7 Å². The van der Waals surface area contributed by atoms with E-state index in [4.69, 9.17) is 4.43 Å². The van der Waals surface area contributed by atoms with Gasteiger partial charge in [-0.15, -0.1) is 0 Å². The number of rotatable bonds is 3. The largest absolute Gasteiger partial charge is 0.423 e. The molecule has 10 heavy (non-hydrogen) atoms. The molecule has 0 aromatic heterocycles. The quantitative estimate of drug-likeness (QED) is 0.572. The first-order valence-corrected chi connectivity index (χ1v) is 6.80. The lowest BCUT2D eigenvalue weighted by atomic mass is 10.1. The van der Waals surface area contributed by atoms with E-state index >= 15 is 0 Å². The maximum Gasteiger partial charge on any atom is 0.173 e. The Balaban J connectivity index is 2.11. The smallest absolute Gasteiger partial charge is 0.173 e. The van der Waals surface area contributed by atoms with Crippen molar-refractivity contribution in [2.24, 2.45) is 5.92 Å². The highest BCUT2D eigenvalue weighted by molar-refractivity contribution is 6.50. The Morgan fingerprint density at radius 1 is 1.40 bits per heavy atom. The zero-order valence-electron chi connectivity index (χ0n) is 7.10. The molecule has 0 aliphatic heterocycles. The molecule has 0 aromatic carbocycles. The second-order valence-electron chi connectivity index (χ2n) is 3.43. The van der Waals surface area contributed by atoms with E-state index in [2.05, 4.69) is 6.55 Å². The fraction of sp³-hybridized carbons (Fsp3) is 1.00. The van der Waals surface area contributed by atoms with E-state index in [1.165, 1.54) is 31.7 Å². The standard InChI is InChI=1S/C8H18OSi/c1-9-10(2)7-8-5-3-4-6-8/h8,10H,3-7H2,1-2H3. The van der Waals surface area contributed by atoms with Crippen molar-refractivity contribution < 1.29 is 4.43 Å². The predicted octanol–water partition coefficient (Wildman–Crippen LogP) is 2.18. The van der Waals surface area contributed by atoms with Gasteiger partial charge in [-0.3, -0.25) is 0 Å². The van der Waals surface area contributed by atoms with E-state index in [0.717, 1.165) is 5.92 Å².